The summed E-state index contributed by atoms with van der Waals surface area (Å²) in [6, 6.07) is 6.00. The van der Waals surface area contributed by atoms with Crippen LogP contribution in [0.5, 0.6) is 0 Å². The Balaban J connectivity index is 2.43. The molecule has 0 saturated carbocycles. The highest BCUT2D eigenvalue weighted by Crippen LogP contribution is 2.19. The molecule has 0 aliphatic carbocycles. The van der Waals surface area contributed by atoms with Crippen molar-refractivity contribution in [1.82, 2.24) is 9.55 Å². The van der Waals surface area contributed by atoms with Gasteiger partial charge in [-0.1, -0.05) is 23.7 Å². The molecule has 0 bridgehead atoms. The molecule has 0 aliphatic rings. The Labute approximate surface area is 108 Å². The zero-order valence-corrected chi connectivity index (χ0v) is 10.3. The maximum atomic E-state index is 11.6. The summed E-state index contributed by atoms with van der Waals surface area (Å²) in [6.07, 6.45) is 1.49. The van der Waals surface area contributed by atoms with E-state index in [4.69, 9.17) is 16.7 Å². The molecule has 0 spiro atoms. The fourth-order valence-electron chi connectivity index (χ4n) is 1.59. The molecule has 5 nitrogen and oxygen atoms in total. The maximum Gasteiger partial charge on any atom is 0.326 e. The summed E-state index contributed by atoms with van der Waals surface area (Å²) in [5.41, 5.74) is 0.882. The van der Waals surface area contributed by atoms with Gasteiger partial charge in [-0.2, -0.15) is 0 Å². The number of aromatic nitrogens is 2. The zero-order valence-electron chi connectivity index (χ0n) is 9.55. The molecule has 18 heavy (non-hydrogen) atoms. The first-order chi connectivity index (χ1) is 8.49. The Bertz CT molecular complexity index is 628. The van der Waals surface area contributed by atoms with Crippen LogP contribution in [0, 0.1) is 0 Å². The number of nitrogens with zero attached hydrogens (tertiary/aromatic N) is 1. The molecule has 1 unspecified atom stereocenters. The lowest BCUT2D eigenvalue weighted by Crippen LogP contribution is -2.25. The van der Waals surface area contributed by atoms with Crippen LogP contribution in [0.2, 0.25) is 5.02 Å². The van der Waals surface area contributed by atoms with Gasteiger partial charge in [0.2, 0.25) is 0 Å². The van der Waals surface area contributed by atoms with Gasteiger partial charge < -0.3 is 10.1 Å². The van der Waals surface area contributed by atoms with Crippen LogP contribution in [0.3, 0.4) is 0 Å². The van der Waals surface area contributed by atoms with Gasteiger partial charge in [0, 0.05) is 11.2 Å². The lowest BCUT2D eigenvalue weighted by molar-refractivity contribution is -0.140. The molecule has 0 amide bonds. The minimum Gasteiger partial charge on any atom is -0.480 e. The van der Waals surface area contributed by atoms with E-state index in [0.29, 0.717) is 10.7 Å². The Morgan fingerprint density at radius 2 is 2.00 bits per heavy atom. The third-order valence-electron chi connectivity index (χ3n) is 2.67. The molecular weight excluding hydrogens is 256 g/mol. The highest BCUT2D eigenvalue weighted by Gasteiger charge is 2.16. The summed E-state index contributed by atoms with van der Waals surface area (Å²) in [7, 11) is 0. The summed E-state index contributed by atoms with van der Waals surface area (Å²) in [5, 5.41) is 9.48. The average molecular weight is 267 g/mol. The van der Waals surface area contributed by atoms with Crippen molar-refractivity contribution in [3.63, 3.8) is 0 Å². The number of halogens is 1. The molecule has 94 valence electrons. The van der Waals surface area contributed by atoms with E-state index < -0.39 is 17.7 Å². The van der Waals surface area contributed by atoms with Crippen molar-refractivity contribution in [1.29, 1.82) is 0 Å². The number of nitrogens with one attached hydrogen (secondary N) is 1. The SMILES string of the molecule is CC(C(=O)O)n1cc(-c2ccc(Cl)cc2)[nH]c1=O. The van der Waals surface area contributed by atoms with Gasteiger partial charge in [0.15, 0.2) is 0 Å². The number of benzene rings is 1. The van der Waals surface area contributed by atoms with E-state index in [0.717, 1.165) is 10.1 Å². The molecule has 2 rings (SSSR count). The predicted octanol–water partition coefficient (Wildman–Crippen LogP) is 2.14. The van der Waals surface area contributed by atoms with Crippen molar-refractivity contribution in [2.45, 2.75) is 13.0 Å². The predicted molar refractivity (Wildman–Crippen MR) is 67.8 cm³/mol. The molecule has 1 aromatic carbocycles. The second kappa shape index (κ2) is 4.70. The van der Waals surface area contributed by atoms with Crippen molar-refractivity contribution in [3.8, 4) is 11.3 Å². The standard InChI is InChI=1S/C12H11ClN2O3/c1-7(11(16)17)15-6-10(14-12(15)18)8-2-4-9(13)5-3-8/h2-7H,1H3,(H,14,18)(H,16,17). The quantitative estimate of drug-likeness (QED) is 0.894. The van der Waals surface area contributed by atoms with E-state index in [1.807, 2.05) is 0 Å². The first-order valence-electron chi connectivity index (χ1n) is 5.29. The van der Waals surface area contributed by atoms with Gasteiger partial charge in [-0.05, 0) is 24.6 Å². The first kappa shape index (κ1) is 12.4. The van der Waals surface area contributed by atoms with Crippen LogP contribution in [0.15, 0.2) is 35.3 Å². The number of carboxylic acids is 1. The van der Waals surface area contributed by atoms with Crippen LogP contribution >= 0.6 is 11.6 Å². The van der Waals surface area contributed by atoms with Crippen molar-refractivity contribution < 1.29 is 9.90 Å². The molecule has 6 heteroatoms. The molecule has 0 fully saturated rings. The van der Waals surface area contributed by atoms with E-state index in [2.05, 4.69) is 4.98 Å². The fourth-order valence-corrected chi connectivity index (χ4v) is 1.72. The molecule has 1 aromatic heterocycles. The van der Waals surface area contributed by atoms with Crippen LogP contribution in [-0.4, -0.2) is 20.6 Å². The minimum absolute atomic E-state index is 0.449. The van der Waals surface area contributed by atoms with Gasteiger partial charge in [0.1, 0.15) is 6.04 Å². The first-order valence-corrected chi connectivity index (χ1v) is 5.66. The van der Waals surface area contributed by atoms with E-state index in [1.165, 1.54) is 13.1 Å². The average Bonchev–Trinajstić information content (AvgIpc) is 2.71. The number of hydrogen-bond donors (Lipinski definition) is 2. The van der Waals surface area contributed by atoms with Crippen LogP contribution < -0.4 is 5.69 Å². The molecular formula is C12H11ClN2O3. The summed E-state index contributed by atoms with van der Waals surface area (Å²) < 4.78 is 1.15. The van der Waals surface area contributed by atoms with Crippen molar-refractivity contribution >= 4 is 17.6 Å². The van der Waals surface area contributed by atoms with Crippen LogP contribution in [0.25, 0.3) is 11.3 Å². The normalized spacial score (nSPS) is 12.3. The molecule has 0 aliphatic heterocycles. The number of carbonyl (C=O) groups is 1. The van der Waals surface area contributed by atoms with Gasteiger partial charge in [0.25, 0.3) is 0 Å². The number of carboxylic acid groups (broad SMARTS) is 1. The van der Waals surface area contributed by atoms with Gasteiger partial charge in [0.05, 0.1) is 5.69 Å². The van der Waals surface area contributed by atoms with Crippen LogP contribution in [0.4, 0.5) is 0 Å². The van der Waals surface area contributed by atoms with Crippen molar-refractivity contribution in [2.75, 3.05) is 0 Å². The Morgan fingerprint density at radius 3 is 2.56 bits per heavy atom. The fraction of sp³-hybridized carbons (Fsp3) is 0.167. The van der Waals surface area contributed by atoms with E-state index in [-0.39, 0.29) is 0 Å². The van der Waals surface area contributed by atoms with Gasteiger partial charge >= 0.3 is 11.7 Å². The highest BCUT2D eigenvalue weighted by atomic mass is 35.5. The molecule has 0 saturated heterocycles. The smallest absolute Gasteiger partial charge is 0.326 e. The number of aliphatic carboxylic acids is 1. The second-order valence-corrected chi connectivity index (χ2v) is 4.34. The largest absolute Gasteiger partial charge is 0.480 e. The number of rotatable bonds is 3. The minimum atomic E-state index is -1.06. The number of H-pyrrole nitrogens is 1. The number of imidazole rings is 1. The van der Waals surface area contributed by atoms with E-state index >= 15 is 0 Å². The zero-order chi connectivity index (χ0) is 13.3. The summed E-state index contributed by atoms with van der Waals surface area (Å²) in [6.45, 7) is 1.45. The maximum absolute atomic E-state index is 11.6. The second-order valence-electron chi connectivity index (χ2n) is 3.90. The third kappa shape index (κ3) is 2.31. The molecule has 1 heterocycles. The number of hydrogen-bond acceptors (Lipinski definition) is 2. The summed E-state index contributed by atoms with van der Waals surface area (Å²) in [5.74, 6) is -1.06. The lowest BCUT2D eigenvalue weighted by Gasteiger charge is -2.04. The monoisotopic (exact) mass is 266 g/mol. The topological polar surface area (TPSA) is 75.1 Å². The molecule has 0 radical (unpaired) electrons. The number of aromatic amines is 1. The lowest BCUT2D eigenvalue weighted by atomic mass is 10.2. The van der Waals surface area contributed by atoms with Gasteiger partial charge in [-0.3, -0.25) is 4.57 Å². The van der Waals surface area contributed by atoms with Gasteiger partial charge in [-0.25, -0.2) is 9.59 Å². The van der Waals surface area contributed by atoms with E-state index in [1.54, 1.807) is 24.3 Å². The van der Waals surface area contributed by atoms with E-state index in [9.17, 15) is 9.59 Å². The van der Waals surface area contributed by atoms with Gasteiger partial charge in [-0.15, -0.1) is 0 Å². The van der Waals surface area contributed by atoms with Crippen LogP contribution in [0.1, 0.15) is 13.0 Å². The Kier molecular flexibility index (Phi) is 3.25. The molecule has 2 aromatic rings. The Hall–Kier alpha value is -2.01. The molecule has 2 N–H and O–H groups in total. The third-order valence-corrected chi connectivity index (χ3v) is 2.93. The summed E-state index contributed by atoms with van der Waals surface area (Å²) >= 11 is 5.77. The van der Waals surface area contributed by atoms with Crippen molar-refractivity contribution in [3.05, 3.63) is 46.0 Å². The van der Waals surface area contributed by atoms with Crippen LogP contribution in [-0.2, 0) is 4.79 Å². The highest BCUT2D eigenvalue weighted by molar-refractivity contribution is 6.30. The Morgan fingerprint density at radius 1 is 1.39 bits per heavy atom. The van der Waals surface area contributed by atoms with Crippen molar-refractivity contribution in [2.24, 2.45) is 0 Å². The molecule has 1 atom stereocenters. The summed E-state index contributed by atoms with van der Waals surface area (Å²) in [4.78, 5) is 25.1.